The van der Waals surface area contributed by atoms with Crippen LogP contribution in [0.15, 0.2) is 36.4 Å². The highest BCUT2D eigenvalue weighted by Crippen LogP contribution is 2.33. The van der Waals surface area contributed by atoms with Crippen LogP contribution in [0.2, 0.25) is 0 Å². The maximum Gasteiger partial charge on any atom is 0.123 e. The molecule has 1 aromatic carbocycles. The van der Waals surface area contributed by atoms with Gasteiger partial charge in [-0.15, -0.1) is 11.3 Å². The SMILES string of the molecule is CN(Cc1ccc(C2CCCCO2)s1)CC1CCN(CCc2ccc(F)cc2)CC1. The molecule has 164 valence electrons. The molecule has 30 heavy (non-hydrogen) atoms. The van der Waals surface area contributed by atoms with E-state index in [-0.39, 0.29) is 5.82 Å². The van der Waals surface area contributed by atoms with Crippen molar-refractivity contribution < 1.29 is 9.13 Å². The van der Waals surface area contributed by atoms with Gasteiger partial charge < -0.3 is 14.5 Å². The van der Waals surface area contributed by atoms with E-state index >= 15 is 0 Å². The first kappa shape index (κ1) is 21.9. The van der Waals surface area contributed by atoms with Crippen LogP contribution in [0.5, 0.6) is 0 Å². The third kappa shape index (κ3) is 6.36. The molecular weight excluding hydrogens is 395 g/mol. The largest absolute Gasteiger partial charge is 0.373 e. The van der Waals surface area contributed by atoms with Gasteiger partial charge in [0.1, 0.15) is 5.82 Å². The molecule has 0 radical (unpaired) electrons. The van der Waals surface area contributed by atoms with Crippen molar-refractivity contribution in [1.29, 1.82) is 0 Å². The number of benzene rings is 1. The van der Waals surface area contributed by atoms with Gasteiger partial charge in [0.2, 0.25) is 0 Å². The zero-order chi connectivity index (χ0) is 20.8. The van der Waals surface area contributed by atoms with Crippen molar-refractivity contribution in [3.8, 4) is 0 Å². The van der Waals surface area contributed by atoms with Crippen molar-refractivity contribution in [2.24, 2.45) is 5.92 Å². The van der Waals surface area contributed by atoms with Crippen molar-refractivity contribution in [2.75, 3.05) is 39.8 Å². The summed E-state index contributed by atoms with van der Waals surface area (Å²) in [4.78, 5) is 7.93. The lowest BCUT2D eigenvalue weighted by molar-refractivity contribution is 0.0172. The number of piperidine rings is 1. The molecule has 1 unspecified atom stereocenters. The molecule has 3 heterocycles. The molecule has 0 amide bonds. The number of hydrogen-bond donors (Lipinski definition) is 0. The van der Waals surface area contributed by atoms with E-state index in [0.717, 1.165) is 32.0 Å². The van der Waals surface area contributed by atoms with Gasteiger partial charge in [-0.05, 0) is 94.4 Å². The zero-order valence-corrected chi connectivity index (χ0v) is 19.0. The van der Waals surface area contributed by atoms with Crippen LogP contribution in [0.4, 0.5) is 4.39 Å². The van der Waals surface area contributed by atoms with E-state index in [9.17, 15) is 4.39 Å². The van der Waals surface area contributed by atoms with Crippen molar-refractivity contribution in [3.63, 3.8) is 0 Å². The number of rotatable bonds is 8. The molecule has 0 bridgehead atoms. The van der Waals surface area contributed by atoms with Crippen molar-refractivity contribution in [3.05, 3.63) is 57.5 Å². The Balaban J connectivity index is 1.16. The summed E-state index contributed by atoms with van der Waals surface area (Å²) in [5, 5.41) is 0. The topological polar surface area (TPSA) is 15.7 Å². The molecule has 2 saturated heterocycles. The summed E-state index contributed by atoms with van der Waals surface area (Å²) < 4.78 is 19.0. The van der Waals surface area contributed by atoms with Crippen LogP contribution in [0.1, 0.15) is 53.5 Å². The smallest absolute Gasteiger partial charge is 0.123 e. The molecular formula is C25H35FN2OS. The third-order valence-corrected chi connectivity index (χ3v) is 7.67. The van der Waals surface area contributed by atoms with Crippen LogP contribution in [-0.4, -0.2) is 49.6 Å². The van der Waals surface area contributed by atoms with E-state index in [4.69, 9.17) is 4.74 Å². The first-order chi connectivity index (χ1) is 14.7. The fourth-order valence-corrected chi connectivity index (χ4v) is 5.90. The third-order valence-electron chi connectivity index (χ3n) is 6.51. The molecule has 3 nitrogen and oxygen atoms in total. The minimum absolute atomic E-state index is 0.148. The summed E-state index contributed by atoms with van der Waals surface area (Å²) in [7, 11) is 2.26. The second-order valence-electron chi connectivity index (χ2n) is 9.02. The van der Waals surface area contributed by atoms with Crippen LogP contribution in [0.3, 0.4) is 0 Å². The predicted molar refractivity (Wildman–Crippen MR) is 122 cm³/mol. The van der Waals surface area contributed by atoms with Gasteiger partial charge in [-0.1, -0.05) is 12.1 Å². The first-order valence-corrected chi connectivity index (χ1v) is 12.3. The van der Waals surface area contributed by atoms with E-state index < -0.39 is 0 Å². The standard InChI is InChI=1S/C25H35FN2OS/c1-27(19-23-9-10-25(30-23)24-4-2-3-17-29-24)18-21-12-15-28(16-13-21)14-11-20-5-7-22(26)8-6-20/h5-10,21,24H,2-4,11-19H2,1H3. The number of halogens is 1. The van der Waals surface area contributed by atoms with Crippen LogP contribution < -0.4 is 0 Å². The highest BCUT2D eigenvalue weighted by molar-refractivity contribution is 7.12. The molecule has 0 saturated carbocycles. The summed E-state index contributed by atoms with van der Waals surface area (Å²) in [5.74, 6) is 0.642. The van der Waals surface area contributed by atoms with Crippen molar-refractivity contribution in [2.45, 2.75) is 51.2 Å². The summed E-state index contributed by atoms with van der Waals surface area (Å²) in [6.45, 7) is 6.58. The highest BCUT2D eigenvalue weighted by atomic mass is 32.1. The normalized spacial score (nSPS) is 21.4. The molecule has 2 aliphatic heterocycles. The first-order valence-electron chi connectivity index (χ1n) is 11.5. The average molecular weight is 431 g/mol. The molecule has 2 fully saturated rings. The lowest BCUT2D eigenvalue weighted by Gasteiger charge is -2.33. The molecule has 0 N–H and O–H groups in total. The molecule has 2 aliphatic rings. The Morgan fingerprint density at radius 3 is 2.60 bits per heavy atom. The Kier molecular flexibility index (Phi) is 7.94. The van der Waals surface area contributed by atoms with Crippen LogP contribution in [-0.2, 0) is 17.7 Å². The fraction of sp³-hybridized carbons (Fsp3) is 0.600. The lowest BCUT2D eigenvalue weighted by Crippen LogP contribution is -2.38. The number of ether oxygens (including phenoxy) is 1. The molecule has 0 aliphatic carbocycles. The van der Waals surface area contributed by atoms with E-state index in [1.54, 1.807) is 12.1 Å². The summed E-state index contributed by atoms with van der Waals surface area (Å²) in [6.07, 6.45) is 7.58. The maximum atomic E-state index is 13.0. The monoisotopic (exact) mass is 430 g/mol. The Bertz CT molecular complexity index is 764. The van der Waals surface area contributed by atoms with Crippen molar-refractivity contribution in [1.82, 2.24) is 9.80 Å². The number of likely N-dealkylation sites (tertiary alicyclic amines) is 1. The predicted octanol–water partition coefficient (Wildman–Crippen LogP) is 5.52. The van der Waals surface area contributed by atoms with Gasteiger partial charge in [0.15, 0.2) is 0 Å². The molecule has 1 atom stereocenters. The average Bonchev–Trinajstić information content (AvgIpc) is 3.23. The van der Waals surface area contributed by atoms with E-state index in [1.165, 1.54) is 67.1 Å². The zero-order valence-electron chi connectivity index (χ0n) is 18.2. The molecule has 4 rings (SSSR count). The van der Waals surface area contributed by atoms with E-state index in [2.05, 4.69) is 29.0 Å². The van der Waals surface area contributed by atoms with Crippen LogP contribution >= 0.6 is 11.3 Å². The summed E-state index contributed by atoms with van der Waals surface area (Å²) in [5.41, 5.74) is 1.23. The van der Waals surface area contributed by atoms with Gasteiger partial charge >= 0.3 is 0 Å². The minimum atomic E-state index is -0.148. The molecule has 5 heteroatoms. The minimum Gasteiger partial charge on any atom is -0.373 e. The lowest BCUT2D eigenvalue weighted by atomic mass is 9.96. The maximum absolute atomic E-state index is 13.0. The molecule has 1 aromatic heterocycles. The Morgan fingerprint density at radius 2 is 1.87 bits per heavy atom. The Morgan fingerprint density at radius 1 is 1.07 bits per heavy atom. The van der Waals surface area contributed by atoms with Gasteiger partial charge in [-0.25, -0.2) is 4.39 Å². The Labute approximate surface area is 184 Å². The molecule has 0 spiro atoms. The Hall–Kier alpha value is -1.27. The van der Waals surface area contributed by atoms with Gasteiger partial charge in [0.05, 0.1) is 6.10 Å². The number of thiophene rings is 1. The van der Waals surface area contributed by atoms with Gasteiger partial charge in [0.25, 0.3) is 0 Å². The van der Waals surface area contributed by atoms with E-state index in [1.807, 2.05) is 23.5 Å². The van der Waals surface area contributed by atoms with Gasteiger partial charge in [0, 0.05) is 36.0 Å². The van der Waals surface area contributed by atoms with Gasteiger partial charge in [-0.2, -0.15) is 0 Å². The molecule has 2 aromatic rings. The second-order valence-corrected chi connectivity index (χ2v) is 10.2. The highest BCUT2D eigenvalue weighted by Gasteiger charge is 2.21. The quantitative estimate of drug-likeness (QED) is 0.549. The van der Waals surface area contributed by atoms with Gasteiger partial charge in [-0.3, -0.25) is 0 Å². The summed E-state index contributed by atoms with van der Waals surface area (Å²) >= 11 is 1.94. The number of hydrogen-bond acceptors (Lipinski definition) is 4. The fourth-order valence-electron chi connectivity index (χ4n) is 4.72. The number of nitrogens with zero attached hydrogens (tertiary/aromatic N) is 2. The summed E-state index contributed by atoms with van der Waals surface area (Å²) in [6, 6.07) is 11.5. The van der Waals surface area contributed by atoms with Crippen LogP contribution in [0, 0.1) is 11.7 Å². The van der Waals surface area contributed by atoms with E-state index in [0.29, 0.717) is 6.10 Å². The second kappa shape index (κ2) is 10.9. The van der Waals surface area contributed by atoms with Crippen LogP contribution in [0.25, 0.3) is 0 Å². The van der Waals surface area contributed by atoms with Crippen molar-refractivity contribution >= 4 is 11.3 Å².